The van der Waals surface area contributed by atoms with Crippen molar-refractivity contribution in [1.29, 1.82) is 0 Å². The number of aryl methyl sites for hydroxylation is 1. The van der Waals surface area contributed by atoms with E-state index >= 15 is 0 Å². The van der Waals surface area contributed by atoms with Gasteiger partial charge in [0.2, 0.25) is 6.41 Å². The van der Waals surface area contributed by atoms with Crippen LogP contribution in [0.4, 0.5) is 11.5 Å². The van der Waals surface area contributed by atoms with Crippen LogP contribution in [-0.2, 0) is 4.79 Å². The zero-order valence-electron chi connectivity index (χ0n) is 18.1. The van der Waals surface area contributed by atoms with Crippen molar-refractivity contribution in [2.45, 2.75) is 53.9 Å². The van der Waals surface area contributed by atoms with Crippen molar-refractivity contribution in [3.63, 3.8) is 0 Å². The lowest BCUT2D eigenvalue weighted by Crippen LogP contribution is -1.99. The van der Waals surface area contributed by atoms with Gasteiger partial charge < -0.3 is 11.1 Å². The third kappa shape index (κ3) is 5.53. The quantitative estimate of drug-likeness (QED) is 0.428. The van der Waals surface area contributed by atoms with E-state index in [-0.39, 0.29) is 0 Å². The summed E-state index contributed by atoms with van der Waals surface area (Å²) in [5.41, 5.74) is 11.2. The van der Waals surface area contributed by atoms with Crippen LogP contribution in [0.3, 0.4) is 0 Å². The van der Waals surface area contributed by atoms with Gasteiger partial charge in [0.25, 0.3) is 0 Å². The molecule has 0 unspecified atom stereocenters. The molecule has 154 valence electrons. The molecule has 0 bridgehead atoms. The number of hydrogen-bond donors (Lipinski definition) is 2. The van der Waals surface area contributed by atoms with Crippen molar-refractivity contribution in [2.24, 2.45) is 5.92 Å². The molecule has 1 aliphatic carbocycles. The predicted molar refractivity (Wildman–Crippen MR) is 123 cm³/mol. The Morgan fingerprint density at radius 2 is 1.90 bits per heavy atom. The zero-order chi connectivity index (χ0) is 21.4. The van der Waals surface area contributed by atoms with Crippen LogP contribution in [0, 0.1) is 19.8 Å². The lowest BCUT2D eigenvalue weighted by molar-refractivity contribution is -0.105. The molecule has 0 radical (unpaired) electrons. The van der Waals surface area contributed by atoms with Crippen molar-refractivity contribution in [3.8, 4) is 11.1 Å². The number of benzene rings is 1. The Morgan fingerprint density at radius 1 is 1.17 bits per heavy atom. The molecule has 0 saturated heterocycles. The van der Waals surface area contributed by atoms with Crippen LogP contribution >= 0.6 is 0 Å². The van der Waals surface area contributed by atoms with Gasteiger partial charge in [0.15, 0.2) is 0 Å². The summed E-state index contributed by atoms with van der Waals surface area (Å²) >= 11 is 0. The molecule has 1 saturated carbocycles. The molecule has 1 fully saturated rings. The largest absolute Gasteiger partial charge is 0.398 e. The van der Waals surface area contributed by atoms with Gasteiger partial charge >= 0.3 is 0 Å². The zero-order valence-corrected chi connectivity index (χ0v) is 18.1. The third-order valence-electron chi connectivity index (χ3n) is 5.14. The highest BCUT2D eigenvalue weighted by Crippen LogP contribution is 2.35. The Balaban J connectivity index is 0.000000367. The van der Waals surface area contributed by atoms with E-state index in [1.807, 2.05) is 46.0 Å². The first-order chi connectivity index (χ1) is 14.0. The molecule has 5 nitrogen and oxygen atoms in total. The molecule has 29 heavy (non-hydrogen) atoms. The standard InChI is InChI=1S/C17H16N4O.C5H10.C2H6/c1-10-3-4-19-7-14(10)13-5-12-6-16(21-9-22)20-8-15(12)17(18)11(13)2;1-2-5-3-4-5;1-2/h3-9H,18H2,1-2H3,(H,20,21,22);5H,2-4H2,1H3;1-2H3. The molecule has 2 aromatic heterocycles. The van der Waals surface area contributed by atoms with E-state index in [9.17, 15) is 4.79 Å². The van der Waals surface area contributed by atoms with E-state index < -0.39 is 0 Å². The normalized spacial score (nSPS) is 12.3. The maximum Gasteiger partial charge on any atom is 0.212 e. The maximum absolute atomic E-state index is 10.6. The number of amides is 1. The summed E-state index contributed by atoms with van der Waals surface area (Å²) < 4.78 is 0. The molecule has 3 N–H and O–H groups in total. The van der Waals surface area contributed by atoms with Crippen LogP contribution in [0.2, 0.25) is 0 Å². The molecule has 0 spiro atoms. The number of pyridine rings is 2. The minimum Gasteiger partial charge on any atom is -0.398 e. The van der Waals surface area contributed by atoms with Crippen LogP contribution in [0.15, 0.2) is 36.8 Å². The highest BCUT2D eigenvalue weighted by molar-refractivity contribution is 6.00. The number of nitrogens with two attached hydrogens (primary N) is 1. The Kier molecular flexibility index (Phi) is 8.13. The van der Waals surface area contributed by atoms with E-state index in [1.165, 1.54) is 19.3 Å². The fourth-order valence-electron chi connectivity index (χ4n) is 3.12. The van der Waals surface area contributed by atoms with Gasteiger partial charge in [0.1, 0.15) is 5.82 Å². The first kappa shape index (κ1) is 22.3. The highest BCUT2D eigenvalue weighted by Gasteiger charge is 2.17. The van der Waals surface area contributed by atoms with Gasteiger partial charge in [-0.05, 0) is 60.0 Å². The number of nitrogen functional groups attached to an aromatic ring is 1. The van der Waals surface area contributed by atoms with Crippen LogP contribution in [0.5, 0.6) is 0 Å². The highest BCUT2D eigenvalue weighted by atomic mass is 16.1. The molecule has 0 atom stereocenters. The van der Waals surface area contributed by atoms with Gasteiger partial charge in [-0.1, -0.05) is 40.0 Å². The molecule has 1 aromatic carbocycles. The average Bonchev–Trinajstić information content (AvgIpc) is 3.58. The summed E-state index contributed by atoms with van der Waals surface area (Å²) in [7, 11) is 0. The Hall–Kier alpha value is -2.95. The molecule has 0 aliphatic heterocycles. The van der Waals surface area contributed by atoms with Crippen molar-refractivity contribution in [3.05, 3.63) is 47.9 Å². The molecule has 1 amide bonds. The summed E-state index contributed by atoms with van der Waals surface area (Å²) in [6.07, 6.45) is 10.3. The second-order valence-corrected chi connectivity index (χ2v) is 7.06. The van der Waals surface area contributed by atoms with Crippen molar-refractivity contribution >= 4 is 28.7 Å². The summed E-state index contributed by atoms with van der Waals surface area (Å²) in [6.45, 7) is 10.3. The molecule has 3 aromatic rings. The molecule has 2 heterocycles. The number of aromatic nitrogens is 2. The molecular formula is C24H32N4O. The van der Waals surface area contributed by atoms with Gasteiger partial charge in [-0.3, -0.25) is 9.78 Å². The predicted octanol–water partition coefficient (Wildman–Crippen LogP) is 5.90. The first-order valence-corrected chi connectivity index (χ1v) is 10.3. The number of carbonyl (C=O) groups excluding carboxylic acids is 1. The fraction of sp³-hybridized carbons (Fsp3) is 0.375. The van der Waals surface area contributed by atoms with Crippen LogP contribution < -0.4 is 11.1 Å². The van der Waals surface area contributed by atoms with E-state index in [0.717, 1.165) is 38.9 Å². The number of nitrogens with one attached hydrogen (secondary N) is 1. The number of hydrogen-bond acceptors (Lipinski definition) is 4. The first-order valence-electron chi connectivity index (χ1n) is 10.3. The van der Waals surface area contributed by atoms with E-state index in [4.69, 9.17) is 5.73 Å². The minimum absolute atomic E-state index is 0.500. The summed E-state index contributed by atoms with van der Waals surface area (Å²) in [4.78, 5) is 19.0. The molecule has 5 heteroatoms. The Bertz CT molecular complexity index is 964. The van der Waals surface area contributed by atoms with Crippen LogP contribution in [-0.4, -0.2) is 16.4 Å². The molecular weight excluding hydrogens is 360 g/mol. The number of fused-ring (bicyclic) bond motifs is 1. The molecule has 1 aliphatic rings. The topological polar surface area (TPSA) is 80.9 Å². The van der Waals surface area contributed by atoms with Crippen LogP contribution in [0.1, 0.15) is 51.2 Å². The third-order valence-corrected chi connectivity index (χ3v) is 5.14. The Labute approximate surface area is 173 Å². The molecule has 4 rings (SSSR count). The lowest BCUT2D eigenvalue weighted by Gasteiger charge is -2.14. The second kappa shape index (κ2) is 10.6. The van der Waals surface area contributed by atoms with Gasteiger partial charge in [0.05, 0.1) is 0 Å². The SMILES string of the molecule is CC.CCC1CC1.Cc1ccncc1-c1cc2cc(NC=O)ncc2c(N)c1C. The van der Waals surface area contributed by atoms with Crippen molar-refractivity contribution in [2.75, 3.05) is 11.1 Å². The Morgan fingerprint density at radius 3 is 2.45 bits per heavy atom. The number of nitrogens with zero attached hydrogens (tertiary/aromatic N) is 2. The monoisotopic (exact) mass is 392 g/mol. The van der Waals surface area contributed by atoms with Crippen molar-refractivity contribution < 1.29 is 4.79 Å². The second-order valence-electron chi connectivity index (χ2n) is 7.06. The van der Waals surface area contributed by atoms with Gasteiger partial charge in [-0.25, -0.2) is 4.98 Å². The van der Waals surface area contributed by atoms with Gasteiger partial charge in [0, 0.05) is 35.2 Å². The lowest BCUT2D eigenvalue weighted by atomic mass is 9.94. The number of rotatable bonds is 4. The summed E-state index contributed by atoms with van der Waals surface area (Å²) in [6, 6.07) is 5.85. The van der Waals surface area contributed by atoms with E-state index in [2.05, 4.69) is 28.3 Å². The van der Waals surface area contributed by atoms with E-state index in [1.54, 1.807) is 12.4 Å². The van der Waals surface area contributed by atoms with Gasteiger partial charge in [-0.15, -0.1) is 0 Å². The van der Waals surface area contributed by atoms with Gasteiger partial charge in [-0.2, -0.15) is 0 Å². The maximum atomic E-state index is 10.6. The number of carbonyl (C=O) groups is 1. The average molecular weight is 393 g/mol. The van der Waals surface area contributed by atoms with E-state index in [0.29, 0.717) is 17.9 Å². The summed E-state index contributed by atoms with van der Waals surface area (Å²) in [5.74, 6) is 1.63. The van der Waals surface area contributed by atoms with Crippen molar-refractivity contribution in [1.82, 2.24) is 9.97 Å². The summed E-state index contributed by atoms with van der Waals surface area (Å²) in [5, 5.41) is 4.37. The number of anilines is 2. The minimum atomic E-state index is 0.500. The van der Waals surface area contributed by atoms with Crippen LogP contribution in [0.25, 0.3) is 21.9 Å². The smallest absolute Gasteiger partial charge is 0.212 e. The fourth-order valence-corrected chi connectivity index (χ4v) is 3.12.